The number of furan rings is 1. The van der Waals surface area contributed by atoms with E-state index in [0.717, 1.165) is 0 Å². The van der Waals surface area contributed by atoms with Gasteiger partial charge in [0.2, 0.25) is 5.91 Å². The number of aliphatic hydroxyl groups excluding tert-OH is 1. The molecule has 0 aliphatic heterocycles. The number of hydrogen-bond acceptors (Lipinski definition) is 4. The number of amides is 1. The van der Waals surface area contributed by atoms with E-state index < -0.39 is 6.04 Å². The number of rotatable bonds is 6. The van der Waals surface area contributed by atoms with Crippen molar-refractivity contribution in [1.82, 2.24) is 5.32 Å². The van der Waals surface area contributed by atoms with E-state index in [4.69, 9.17) is 14.3 Å². The zero-order valence-corrected chi connectivity index (χ0v) is 8.60. The van der Waals surface area contributed by atoms with Crippen molar-refractivity contribution in [2.24, 2.45) is 0 Å². The van der Waals surface area contributed by atoms with E-state index in [1.165, 1.54) is 6.26 Å². The number of ether oxygens (including phenoxy) is 1. The van der Waals surface area contributed by atoms with Crippen LogP contribution >= 0.6 is 0 Å². The molecule has 0 aliphatic rings. The number of nitrogens with one attached hydrogen (secondary N) is 1. The van der Waals surface area contributed by atoms with Crippen LogP contribution < -0.4 is 5.32 Å². The van der Waals surface area contributed by atoms with Gasteiger partial charge in [0.1, 0.15) is 18.4 Å². The fraction of sp³-hybridized carbons (Fsp3) is 0.500. The molecule has 84 valence electrons. The molecule has 1 atom stereocenters. The van der Waals surface area contributed by atoms with Crippen molar-refractivity contribution in [3.63, 3.8) is 0 Å². The lowest BCUT2D eigenvalue weighted by molar-refractivity contribution is -0.126. The van der Waals surface area contributed by atoms with Crippen molar-refractivity contribution < 1.29 is 19.1 Å². The monoisotopic (exact) mass is 213 g/mol. The van der Waals surface area contributed by atoms with Gasteiger partial charge < -0.3 is 19.6 Å². The Balaban J connectivity index is 2.44. The topological polar surface area (TPSA) is 71.7 Å². The minimum Gasteiger partial charge on any atom is -0.467 e. The van der Waals surface area contributed by atoms with Crippen LogP contribution in [0, 0.1) is 0 Å². The molecular formula is C10H15NO4. The lowest BCUT2D eigenvalue weighted by Crippen LogP contribution is -2.33. The molecule has 0 bridgehead atoms. The summed E-state index contributed by atoms with van der Waals surface area (Å²) in [6.07, 6.45) is 1.49. The molecule has 0 radical (unpaired) electrons. The third-order valence-electron chi connectivity index (χ3n) is 1.84. The Morgan fingerprint density at radius 1 is 1.73 bits per heavy atom. The van der Waals surface area contributed by atoms with Crippen LogP contribution in [0.5, 0.6) is 0 Å². The Bertz CT molecular complexity index is 284. The van der Waals surface area contributed by atoms with E-state index >= 15 is 0 Å². The molecule has 15 heavy (non-hydrogen) atoms. The van der Waals surface area contributed by atoms with Crippen LogP contribution in [0.15, 0.2) is 22.8 Å². The summed E-state index contributed by atoms with van der Waals surface area (Å²) in [5, 5.41) is 11.7. The highest BCUT2D eigenvalue weighted by molar-refractivity contribution is 5.77. The van der Waals surface area contributed by atoms with Crippen molar-refractivity contribution in [3.8, 4) is 0 Å². The first-order chi connectivity index (χ1) is 7.27. The smallest absolute Gasteiger partial charge is 0.246 e. The van der Waals surface area contributed by atoms with Gasteiger partial charge in [-0.1, -0.05) is 0 Å². The molecule has 0 aromatic carbocycles. The molecule has 1 amide bonds. The van der Waals surface area contributed by atoms with Crippen LogP contribution in [0.2, 0.25) is 0 Å². The summed E-state index contributed by atoms with van der Waals surface area (Å²) in [5.41, 5.74) is 0. The number of carbonyl (C=O) groups is 1. The summed E-state index contributed by atoms with van der Waals surface area (Å²) in [6.45, 7) is 2.08. The third kappa shape index (κ3) is 3.73. The van der Waals surface area contributed by atoms with Gasteiger partial charge in [-0.25, -0.2) is 0 Å². The van der Waals surface area contributed by atoms with Gasteiger partial charge in [0, 0.05) is 6.61 Å². The molecule has 1 aromatic heterocycles. The van der Waals surface area contributed by atoms with Crippen LogP contribution in [0.4, 0.5) is 0 Å². The molecule has 1 rings (SSSR count). The Morgan fingerprint density at radius 3 is 3.07 bits per heavy atom. The molecule has 0 saturated carbocycles. The second-order valence-corrected chi connectivity index (χ2v) is 2.96. The molecule has 2 N–H and O–H groups in total. The number of aliphatic hydroxyl groups is 1. The maximum absolute atomic E-state index is 11.3. The van der Waals surface area contributed by atoms with Crippen LogP contribution in [-0.2, 0) is 9.53 Å². The first kappa shape index (κ1) is 11.7. The lowest BCUT2D eigenvalue weighted by atomic mass is 10.2. The first-order valence-corrected chi connectivity index (χ1v) is 4.79. The summed E-state index contributed by atoms with van der Waals surface area (Å²) < 4.78 is 10.0. The predicted molar refractivity (Wildman–Crippen MR) is 53.2 cm³/mol. The average Bonchev–Trinajstić information content (AvgIpc) is 2.76. The van der Waals surface area contributed by atoms with Crippen molar-refractivity contribution in [2.75, 3.05) is 19.8 Å². The van der Waals surface area contributed by atoms with E-state index in [2.05, 4.69) is 5.32 Å². The Morgan fingerprint density at radius 2 is 2.53 bits per heavy atom. The van der Waals surface area contributed by atoms with Gasteiger partial charge in [-0.05, 0) is 19.1 Å². The zero-order chi connectivity index (χ0) is 11.1. The molecule has 0 fully saturated rings. The molecule has 0 aliphatic carbocycles. The van der Waals surface area contributed by atoms with Crippen molar-refractivity contribution >= 4 is 5.91 Å². The average molecular weight is 213 g/mol. The highest BCUT2D eigenvalue weighted by atomic mass is 16.5. The van der Waals surface area contributed by atoms with E-state index in [9.17, 15) is 4.79 Å². The Kier molecular flexibility index (Phi) is 4.86. The largest absolute Gasteiger partial charge is 0.467 e. The quantitative estimate of drug-likeness (QED) is 0.720. The van der Waals surface area contributed by atoms with Gasteiger partial charge in [0.05, 0.1) is 12.9 Å². The summed E-state index contributed by atoms with van der Waals surface area (Å²) in [4.78, 5) is 11.3. The summed E-state index contributed by atoms with van der Waals surface area (Å²) in [6, 6.07) is 2.89. The second-order valence-electron chi connectivity index (χ2n) is 2.96. The van der Waals surface area contributed by atoms with Gasteiger partial charge in [-0.3, -0.25) is 4.79 Å². The maximum atomic E-state index is 11.3. The van der Waals surface area contributed by atoms with Crippen molar-refractivity contribution in [3.05, 3.63) is 24.2 Å². The zero-order valence-electron chi connectivity index (χ0n) is 8.60. The minimum absolute atomic E-state index is 0.00624. The van der Waals surface area contributed by atoms with Crippen LogP contribution in [0.25, 0.3) is 0 Å². The molecule has 5 heteroatoms. The molecule has 0 spiro atoms. The Hall–Kier alpha value is -1.33. The molecule has 1 aromatic rings. The number of hydrogen-bond donors (Lipinski definition) is 2. The third-order valence-corrected chi connectivity index (χ3v) is 1.84. The first-order valence-electron chi connectivity index (χ1n) is 4.79. The minimum atomic E-state index is -0.507. The van der Waals surface area contributed by atoms with Gasteiger partial charge in [0.15, 0.2) is 0 Å². The van der Waals surface area contributed by atoms with Gasteiger partial charge in [-0.2, -0.15) is 0 Å². The lowest BCUT2D eigenvalue weighted by Gasteiger charge is -2.13. The highest BCUT2D eigenvalue weighted by Crippen LogP contribution is 2.12. The maximum Gasteiger partial charge on any atom is 0.246 e. The van der Waals surface area contributed by atoms with E-state index in [1.54, 1.807) is 12.1 Å². The summed E-state index contributed by atoms with van der Waals surface area (Å²) in [7, 11) is 0. The molecule has 1 unspecified atom stereocenters. The molecular weight excluding hydrogens is 198 g/mol. The molecule has 5 nitrogen and oxygen atoms in total. The second kappa shape index (κ2) is 6.21. The van der Waals surface area contributed by atoms with Gasteiger partial charge >= 0.3 is 0 Å². The van der Waals surface area contributed by atoms with Gasteiger partial charge in [-0.15, -0.1) is 0 Å². The SMILES string of the molecule is CCOCC(=O)NC(CO)c1ccco1. The Labute approximate surface area is 88.0 Å². The van der Waals surface area contributed by atoms with Gasteiger partial charge in [0.25, 0.3) is 0 Å². The van der Waals surface area contributed by atoms with E-state index in [0.29, 0.717) is 12.4 Å². The van der Waals surface area contributed by atoms with E-state index in [-0.39, 0.29) is 19.1 Å². The summed E-state index contributed by atoms with van der Waals surface area (Å²) in [5.74, 6) is 0.259. The normalized spacial score (nSPS) is 12.4. The van der Waals surface area contributed by atoms with Crippen molar-refractivity contribution in [2.45, 2.75) is 13.0 Å². The van der Waals surface area contributed by atoms with Crippen LogP contribution in [0.3, 0.4) is 0 Å². The molecule has 0 saturated heterocycles. The van der Waals surface area contributed by atoms with Crippen LogP contribution in [-0.4, -0.2) is 30.8 Å². The van der Waals surface area contributed by atoms with Crippen LogP contribution in [0.1, 0.15) is 18.7 Å². The molecule has 1 heterocycles. The predicted octanol–water partition coefficient (Wildman–Crippen LogP) is 0.466. The van der Waals surface area contributed by atoms with E-state index in [1.807, 2.05) is 6.92 Å². The summed E-state index contributed by atoms with van der Waals surface area (Å²) >= 11 is 0. The fourth-order valence-corrected chi connectivity index (χ4v) is 1.13. The highest BCUT2D eigenvalue weighted by Gasteiger charge is 2.15. The standard InChI is InChI=1S/C10H15NO4/c1-2-14-7-10(13)11-8(6-12)9-4-3-5-15-9/h3-5,8,12H,2,6-7H2,1H3,(H,11,13). The fourth-order valence-electron chi connectivity index (χ4n) is 1.13. The van der Waals surface area contributed by atoms with Crippen molar-refractivity contribution in [1.29, 1.82) is 0 Å². The number of carbonyl (C=O) groups excluding carboxylic acids is 1.